The molecule has 4 saturated heterocycles. The van der Waals surface area contributed by atoms with Gasteiger partial charge in [-0.1, -0.05) is 6.92 Å². The van der Waals surface area contributed by atoms with Gasteiger partial charge >= 0.3 is 0 Å². The van der Waals surface area contributed by atoms with Crippen molar-refractivity contribution in [2.24, 2.45) is 0 Å². The van der Waals surface area contributed by atoms with Crippen molar-refractivity contribution in [2.75, 3.05) is 32.3 Å². The standard InChI is InChI=1S/C13H22Cl2O8.C12H22O11/c1-2-5-8(17)11(20)13(4-14,22-5)23-12-10(19)9(18)7(15)6(3-16)21-12;13-1-4-6(16)8(18)9(19)11(21-4)23-12(3-15)10(20)7(17)5(2-14)22-12/h5-12,16-20H,2-4H2,1H3;4-11,13-20H,1-3H2/t5-,6-,7+,8-,9+,10-,11+,12-,13+;4-,5-,6-,7-,8+,9-,10+,11-,12+/m11/s1. The maximum Gasteiger partial charge on any atom is 0.224 e. The summed E-state index contributed by atoms with van der Waals surface area (Å²) in [5.41, 5.74) is 0. The van der Waals surface area contributed by atoms with E-state index in [1.165, 1.54) is 0 Å². The van der Waals surface area contributed by atoms with Crippen LogP contribution in [-0.2, 0) is 28.4 Å². The molecule has 4 fully saturated rings. The zero-order chi connectivity index (χ0) is 34.7. The molecule has 0 amide bonds. The summed E-state index contributed by atoms with van der Waals surface area (Å²) >= 11 is 11.7. The summed E-state index contributed by atoms with van der Waals surface area (Å²) in [6, 6.07) is 0. The van der Waals surface area contributed by atoms with Crippen molar-refractivity contribution < 1.29 is 94.8 Å². The normalized spacial score (nSPS) is 51.1. The van der Waals surface area contributed by atoms with Crippen LogP contribution in [0.25, 0.3) is 0 Å². The SMILES string of the molecule is CC[C@H]1O[C@@](CCl)(O[C@H]2O[C@H](CO)[C@H](Cl)[C@H](O)[C@H]2O)[C@@H](O)[C@@H]1O.OC[C@H]1O[C@@](CO)(O[C@H]2O[C@H](CO)[C@@H](O)[C@H](O)[C@H]2O)[C@@H](O)[C@@H]1O. The van der Waals surface area contributed by atoms with Gasteiger partial charge in [-0.3, -0.25) is 0 Å². The van der Waals surface area contributed by atoms with Gasteiger partial charge in [0.25, 0.3) is 0 Å². The maximum atomic E-state index is 10.2. The first kappa shape index (κ1) is 40.3. The van der Waals surface area contributed by atoms with Gasteiger partial charge in [0, 0.05) is 0 Å². The van der Waals surface area contributed by atoms with Gasteiger partial charge in [0.2, 0.25) is 11.6 Å². The Hall–Kier alpha value is -0.180. The summed E-state index contributed by atoms with van der Waals surface area (Å²) in [6.45, 7) is -1.08. The lowest BCUT2D eigenvalue weighted by atomic mass is 9.99. The van der Waals surface area contributed by atoms with E-state index < -0.39 is 135 Å². The average molecular weight is 720 g/mol. The monoisotopic (exact) mass is 718 g/mol. The van der Waals surface area contributed by atoms with E-state index in [0.29, 0.717) is 6.42 Å². The van der Waals surface area contributed by atoms with E-state index in [0.717, 1.165) is 0 Å². The quantitative estimate of drug-likeness (QED) is 0.0933. The van der Waals surface area contributed by atoms with Crippen LogP contribution in [0.3, 0.4) is 0 Å². The van der Waals surface area contributed by atoms with Gasteiger partial charge in [0.15, 0.2) is 12.6 Å². The molecule has 0 bridgehead atoms. The van der Waals surface area contributed by atoms with Crippen LogP contribution in [0, 0.1) is 0 Å². The van der Waals surface area contributed by atoms with Crippen LogP contribution in [0.2, 0.25) is 0 Å². The lowest BCUT2D eigenvalue weighted by Gasteiger charge is -2.43. The summed E-state index contributed by atoms with van der Waals surface area (Å²) in [5, 5.41) is 125. The van der Waals surface area contributed by atoms with E-state index in [-0.39, 0.29) is 5.88 Å². The zero-order valence-electron chi connectivity index (χ0n) is 24.5. The summed E-state index contributed by atoms with van der Waals surface area (Å²) in [4.78, 5) is 0. The van der Waals surface area contributed by atoms with Gasteiger partial charge in [-0.05, 0) is 6.42 Å². The number of hydrogen-bond acceptors (Lipinski definition) is 19. The van der Waals surface area contributed by atoms with Crippen LogP contribution in [0.4, 0.5) is 0 Å². The van der Waals surface area contributed by atoms with Gasteiger partial charge in [0.05, 0.1) is 37.2 Å². The summed E-state index contributed by atoms with van der Waals surface area (Å²) in [5.74, 6) is -4.38. The largest absolute Gasteiger partial charge is 0.394 e. The Labute approximate surface area is 272 Å². The third kappa shape index (κ3) is 7.75. The lowest BCUT2D eigenvalue weighted by molar-refractivity contribution is -0.383. The molecule has 13 N–H and O–H groups in total. The average Bonchev–Trinajstić information content (AvgIpc) is 3.45. The van der Waals surface area contributed by atoms with Gasteiger partial charge in [-0.2, -0.15) is 0 Å². The Kier molecular flexibility index (Phi) is 14.6. The Morgan fingerprint density at radius 3 is 1.48 bits per heavy atom. The molecule has 0 aromatic carbocycles. The molecule has 18 atom stereocenters. The Morgan fingerprint density at radius 2 is 1.02 bits per heavy atom. The van der Waals surface area contributed by atoms with Crippen LogP contribution in [0.15, 0.2) is 0 Å². The van der Waals surface area contributed by atoms with E-state index in [1.807, 2.05) is 0 Å². The second-order valence-corrected chi connectivity index (χ2v) is 12.0. The summed E-state index contributed by atoms with van der Waals surface area (Å²) in [7, 11) is 0. The minimum absolute atomic E-state index is 0.349. The first-order valence-electron chi connectivity index (χ1n) is 14.4. The van der Waals surface area contributed by atoms with E-state index in [1.54, 1.807) is 6.92 Å². The van der Waals surface area contributed by atoms with Gasteiger partial charge in [0.1, 0.15) is 79.9 Å². The third-order valence-corrected chi connectivity index (χ3v) is 9.19. The highest BCUT2D eigenvalue weighted by Gasteiger charge is 2.59. The van der Waals surface area contributed by atoms with Crippen molar-refractivity contribution in [3.05, 3.63) is 0 Å². The highest BCUT2D eigenvalue weighted by molar-refractivity contribution is 6.21. The topological polar surface area (TPSA) is 318 Å². The minimum atomic E-state index is -2.22. The highest BCUT2D eigenvalue weighted by Crippen LogP contribution is 2.39. The lowest BCUT2D eigenvalue weighted by Crippen LogP contribution is -2.62. The highest BCUT2D eigenvalue weighted by atomic mass is 35.5. The molecule has 0 spiro atoms. The Bertz CT molecular complexity index is 868. The zero-order valence-corrected chi connectivity index (χ0v) is 26.0. The van der Waals surface area contributed by atoms with Crippen molar-refractivity contribution in [3.8, 4) is 0 Å². The molecular formula is C25H44Cl2O19. The van der Waals surface area contributed by atoms with Crippen LogP contribution in [0.5, 0.6) is 0 Å². The number of aliphatic hydroxyl groups is 13. The van der Waals surface area contributed by atoms with E-state index in [2.05, 4.69) is 0 Å². The molecule has 46 heavy (non-hydrogen) atoms. The van der Waals surface area contributed by atoms with Crippen molar-refractivity contribution in [3.63, 3.8) is 0 Å². The fourth-order valence-corrected chi connectivity index (χ4v) is 5.96. The fourth-order valence-electron chi connectivity index (χ4n) is 5.39. The van der Waals surface area contributed by atoms with Gasteiger partial charge in [-0.15, -0.1) is 23.2 Å². The first-order chi connectivity index (χ1) is 21.6. The minimum Gasteiger partial charge on any atom is -0.394 e. The molecule has 4 rings (SSSR count). The first-order valence-corrected chi connectivity index (χ1v) is 15.4. The Morgan fingerprint density at radius 1 is 0.565 bits per heavy atom. The number of hydrogen-bond donors (Lipinski definition) is 13. The third-order valence-electron chi connectivity index (χ3n) is 8.28. The number of rotatable bonds is 10. The molecular weight excluding hydrogens is 675 g/mol. The van der Waals surface area contributed by atoms with Crippen molar-refractivity contribution in [1.82, 2.24) is 0 Å². The smallest absolute Gasteiger partial charge is 0.224 e. The molecule has 272 valence electrons. The second kappa shape index (κ2) is 16.7. The molecule has 0 aromatic rings. The predicted molar refractivity (Wildman–Crippen MR) is 148 cm³/mol. The van der Waals surface area contributed by atoms with Crippen LogP contribution in [-0.4, -0.2) is 208 Å². The molecule has 0 aliphatic carbocycles. The molecule has 4 heterocycles. The molecule has 4 aliphatic heterocycles. The molecule has 0 radical (unpaired) electrons. The summed E-state index contributed by atoms with van der Waals surface area (Å²) < 4.78 is 31.8. The van der Waals surface area contributed by atoms with Crippen molar-refractivity contribution in [1.29, 1.82) is 0 Å². The molecule has 0 unspecified atom stereocenters. The molecule has 0 saturated carbocycles. The van der Waals surface area contributed by atoms with Crippen molar-refractivity contribution >= 4 is 23.2 Å². The van der Waals surface area contributed by atoms with E-state index in [4.69, 9.17) is 61.8 Å². The van der Waals surface area contributed by atoms with Crippen LogP contribution >= 0.6 is 23.2 Å². The molecule has 0 aromatic heterocycles. The van der Waals surface area contributed by atoms with Crippen LogP contribution in [0.1, 0.15) is 13.3 Å². The van der Waals surface area contributed by atoms with Crippen molar-refractivity contribution in [2.45, 2.75) is 122 Å². The Balaban J connectivity index is 0.000000250. The predicted octanol–water partition coefficient (Wildman–Crippen LogP) is -6.88. The fraction of sp³-hybridized carbons (Fsp3) is 1.00. The molecule has 4 aliphatic rings. The number of aliphatic hydroxyl groups excluding tert-OH is 13. The van der Waals surface area contributed by atoms with Gasteiger partial charge < -0.3 is 94.8 Å². The number of halogens is 2. The second-order valence-electron chi connectivity index (χ2n) is 11.3. The maximum absolute atomic E-state index is 10.2. The number of alkyl halides is 2. The van der Waals surface area contributed by atoms with E-state index >= 15 is 0 Å². The van der Waals surface area contributed by atoms with Crippen LogP contribution < -0.4 is 0 Å². The van der Waals surface area contributed by atoms with Gasteiger partial charge in [-0.25, -0.2) is 0 Å². The van der Waals surface area contributed by atoms with E-state index in [9.17, 15) is 56.2 Å². The number of ether oxygens (including phenoxy) is 6. The molecule has 21 heteroatoms. The summed E-state index contributed by atoms with van der Waals surface area (Å²) in [6.07, 6.45) is -21.1. The molecule has 19 nitrogen and oxygen atoms in total.